The average Bonchev–Trinajstić information content (AvgIpc) is 3.29. The average molecular weight is 460 g/mol. The molecule has 3 heterocycles. The maximum atomic E-state index is 12.6. The number of nitrogens with one attached hydrogen (secondary N) is 2. The van der Waals surface area contributed by atoms with Gasteiger partial charge in [-0.1, -0.05) is 0 Å². The topological polar surface area (TPSA) is 189 Å². The quantitative estimate of drug-likeness (QED) is 0.180. The van der Waals surface area contributed by atoms with E-state index in [0.29, 0.717) is 5.06 Å². The lowest BCUT2D eigenvalue weighted by atomic mass is 10.0. The molecule has 0 saturated carbocycles. The number of hydrazine groups is 1. The number of hydroxylamine groups is 2. The largest absolute Gasteiger partial charge is 0.464 e. The predicted molar refractivity (Wildman–Crippen MR) is 97.6 cm³/mol. The van der Waals surface area contributed by atoms with Gasteiger partial charge < -0.3 is 14.2 Å². The van der Waals surface area contributed by atoms with E-state index in [1.165, 1.54) is 23.3 Å². The van der Waals surface area contributed by atoms with Crippen LogP contribution in [0.3, 0.4) is 0 Å². The molecule has 0 spiro atoms. The highest BCUT2D eigenvalue weighted by Crippen LogP contribution is 2.30. The van der Waals surface area contributed by atoms with Gasteiger partial charge in [-0.05, 0) is 19.8 Å². The highest BCUT2D eigenvalue weighted by atomic mass is 32.3. The number of esters is 1. The molecule has 0 radical (unpaired) electrons. The number of piperidine rings is 1. The summed E-state index contributed by atoms with van der Waals surface area (Å²) in [6.07, 6.45) is 4.32. The number of hydrogen-bond acceptors (Lipinski definition) is 9. The Hall–Kier alpha value is -3.24. The minimum Gasteiger partial charge on any atom is -0.464 e. The molecule has 4 amide bonds. The van der Waals surface area contributed by atoms with E-state index in [1.807, 2.05) is 0 Å². The number of amides is 4. The van der Waals surface area contributed by atoms with Gasteiger partial charge >= 0.3 is 22.4 Å². The first kappa shape index (κ1) is 22.4. The van der Waals surface area contributed by atoms with Gasteiger partial charge in [0, 0.05) is 18.9 Å². The SMILES string of the molecule is CCOC(=O)C(C(=O)NNC(=O)[C@@H]1CC[C@@H]2CN1C(=O)N2OS(=O)(=O)O)n1ccnc1. The Morgan fingerprint density at radius 3 is 2.68 bits per heavy atom. The van der Waals surface area contributed by atoms with Crippen LogP contribution >= 0.6 is 0 Å². The molecule has 2 saturated heterocycles. The molecule has 2 aliphatic heterocycles. The smallest absolute Gasteiger partial charge is 0.418 e. The summed E-state index contributed by atoms with van der Waals surface area (Å²) in [6.45, 7) is 1.59. The van der Waals surface area contributed by atoms with Crippen LogP contribution in [0.4, 0.5) is 4.79 Å². The summed E-state index contributed by atoms with van der Waals surface area (Å²) in [5.74, 6) is -2.52. The molecule has 2 fully saturated rings. The number of hydrogen-bond donors (Lipinski definition) is 3. The monoisotopic (exact) mass is 460 g/mol. The van der Waals surface area contributed by atoms with Gasteiger partial charge in [0.05, 0.1) is 19.0 Å². The van der Waals surface area contributed by atoms with Crippen LogP contribution in [0, 0.1) is 0 Å². The van der Waals surface area contributed by atoms with Crippen molar-refractivity contribution < 1.29 is 41.2 Å². The number of ether oxygens (including phenoxy) is 1. The van der Waals surface area contributed by atoms with E-state index < -0.39 is 52.3 Å². The molecule has 31 heavy (non-hydrogen) atoms. The van der Waals surface area contributed by atoms with Crippen LogP contribution in [-0.4, -0.2) is 81.5 Å². The van der Waals surface area contributed by atoms with E-state index in [9.17, 15) is 27.6 Å². The second-order valence-electron chi connectivity index (χ2n) is 6.65. The molecule has 1 aromatic rings. The fourth-order valence-corrected chi connectivity index (χ4v) is 3.77. The van der Waals surface area contributed by atoms with Crippen LogP contribution in [0.5, 0.6) is 0 Å². The van der Waals surface area contributed by atoms with Gasteiger partial charge in [0.25, 0.3) is 11.8 Å². The van der Waals surface area contributed by atoms with Gasteiger partial charge in [0.1, 0.15) is 6.04 Å². The molecular formula is C15H20N6O9S. The summed E-state index contributed by atoms with van der Waals surface area (Å²) < 4.78 is 41.0. The van der Waals surface area contributed by atoms with Crippen LogP contribution in [0.15, 0.2) is 18.7 Å². The Balaban J connectivity index is 1.63. The van der Waals surface area contributed by atoms with E-state index >= 15 is 0 Å². The minimum absolute atomic E-state index is 0.0130. The number of imidazole rings is 1. The predicted octanol–water partition coefficient (Wildman–Crippen LogP) is -1.86. The normalized spacial score (nSPS) is 21.5. The lowest BCUT2D eigenvalue weighted by molar-refractivity contribution is -0.152. The molecule has 170 valence electrons. The summed E-state index contributed by atoms with van der Waals surface area (Å²) in [4.78, 5) is 54.4. The Kier molecular flexibility index (Phi) is 6.42. The van der Waals surface area contributed by atoms with Crippen LogP contribution < -0.4 is 10.9 Å². The van der Waals surface area contributed by atoms with Crippen molar-refractivity contribution in [1.29, 1.82) is 0 Å². The summed E-state index contributed by atoms with van der Waals surface area (Å²) in [5, 5.41) is 0.497. The van der Waals surface area contributed by atoms with Crippen molar-refractivity contribution in [2.24, 2.45) is 0 Å². The third kappa shape index (κ3) is 4.92. The number of aromatic nitrogens is 2. The number of carbonyl (C=O) groups excluding carboxylic acids is 4. The van der Waals surface area contributed by atoms with Crippen molar-refractivity contribution in [2.45, 2.75) is 37.9 Å². The molecule has 0 aliphatic carbocycles. The first-order valence-electron chi connectivity index (χ1n) is 9.13. The Labute approximate surface area is 176 Å². The summed E-state index contributed by atoms with van der Waals surface area (Å²) >= 11 is 0. The van der Waals surface area contributed by atoms with Gasteiger partial charge in [0.2, 0.25) is 6.04 Å². The van der Waals surface area contributed by atoms with Crippen molar-refractivity contribution in [3.05, 3.63) is 18.7 Å². The molecule has 1 aromatic heterocycles. The number of nitrogens with zero attached hydrogens (tertiary/aromatic N) is 4. The van der Waals surface area contributed by atoms with E-state index in [4.69, 9.17) is 9.29 Å². The number of urea groups is 1. The molecular weight excluding hydrogens is 440 g/mol. The summed E-state index contributed by atoms with van der Waals surface area (Å²) in [6, 6.07) is -4.06. The molecule has 16 heteroatoms. The molecule has 15 nitrogen and oxygen atoms in total. The standard InChI is InChI=1S/C15H20N6O9S/c1-2-29-14(24)11(19-6-5-16-8-19)13(23)18-17-12(22)10-4-3-9-7-20(10)15(25)21(9)30-31(26,27)28/h5-6,8-11H,2-4,7H2,1H3,(H,17,22)(H,18,23)(H,26,27,28)/t9-,10+,11?/m1/s1. The zero-order valence-electron chi connectivity index (χ0n) is 16.2. The van der Waals surface area contributed by atoms with Gasteiger partial charge in [-0.15, -0.1) is 4.28 Å². The fourth-order valence-electron chi connectivity index (χ4n) is 3.39. The van der Waals surface area contributed by atoms with Crippen LogP contribution in [0.2, 0.25) is 0 Å². The van der Waals surface area contributed by atoms with Crippen molar-refractivity contribution in [3.63, 3.8) is 0 Å². The zero-order chi connectivity index (χ0) is 22.8. The van der Waals surface area contributed by atoms with Gasteiger partial charge in [-0.25, -0.2) is 14.6 Å². The van der Waals surface area contributed by atoms with Crippen molar-refractivity contribution in [1.82, 2.24) is 30.4 Å². The first-order valence-corrected chi connectivity index (χ1v) is 10.5. The van der Waals surface area contributed by atoms with Crippen molar-refractivity contribution in [2.75, 3.05) is 13.2 Å². The maximum absolute atomic E-state index is 12.6. The molecule has 3 rings (SSSR count). The fraction of sp³-hybridized carbons (Fsp3) is 0.533. The zero-order valence-corrected chi connectivity index (χ0v) is 17.0. The maximum Gasteiger partial charge on any atom is 0.418 e. The lowest BCUT2D eigenvalue weighted by Crippen LogP contribution is -2.55. The molecule has 2 bridgehead atoms. The number of rotatable bonds is 7. The Morgan fingerprint density at radius 2 is 2.06 bits per heavy atom. The highest BCUT2D eigenvalue weighted by molar-refractivity contribution is 7.80. The second kappa shape index (κ2) is 8.86. The highest BCUT2D eigenvalue weighted by Gasteiger charge is 2.49. The van der Waals surface area contributed by atoms with E-state index in [2.05, 4.69) is 20.1 Å². The Morgan fingerprint density at radius 1 is 1.32 bits per heavy atom. The van der Waals surface area contributed by atoms with E-state index in [0.717, 1.165) is 4.90 Å². The van der Waals surface area contributed by atoms with Gasteiger partial charge in [-0.2, -0.15) is 13.5 Å². The van der Waals surface area contributed by atoms with E-state index in [1.54, 1.807) is 6.92 Å². The van der Waals surface area contributed by atoms with Gasteiger partial charge in [0.15, 0.2) is 0 Å². The second-order valence-corrected chi connectivity index (χ2v) is 7.66. The molecule has 3 N–H and O–H groups in total. The van der Waals surface area contributed by atoms with Gasteiger partial charge in [-0.3, -0.25) is 25.0 Å². The van der Waals surface area contributed by atoms with Crippen LogP contribution in [-0.2, 0) is 33.8 Å². The third-order valence-corrected chi connectivity index (χ3v) is 5.04. The van der Waals surface area contributed by atoms with E-state index in [-0.39, 0.29) is 26.0 Å². The van der Waals surface area contributed by atoms with Crippen LogP contribution in [0.25, 0.3) is 0 Å². The molecule has 3 atom stereocenters. The number of carbonyl (C=O) groups is 4. The first-order chi connectivity index (χ1) is 14.6. The summed E-state index contributed by atoms with van der Waals surface area (Å²) in [5.41, 5.74) is 4.28. The lowest BCUT2D eigenvalue weighted by Gasteiger charge is -2.29. The Bertz CT molecular complexity index is 966. The molecule has 1 unspecified atom stereocenters. The molecule has 2 aliphatic rings. The van der Waals surface area contributed by atoms with Crippen LogP contribution in [0.1, 0.15) is 25.8 Å². The molecule has 0 aromatic carbocycles. The number of fused-ring (bicyclic) bond motifs is 2. The van der Waals surface area contributed by atoms with Crippen molar-refractivity contribution in [3.8, 4) is 0 Å². The summed E-state index contributed by atoms with van der Waals surface area (Å²) in [7, 11) is -4.91. The third-order valence-electron chi connectivity index (χ3n) is 4.69. The van der Waals surface area contributed by atoms with Crippen molar-refractivity contribution >= 4 is 34.2 Å². The minimum atomic E-state index is -4.91.